The van der Waals surface area contributed by atoms with E-state index in [0.29, 0.717) is 0 Å². The van der Waals surface area contributed by atoms with Crippen molar-refractivity contribution < 1.29 is 9.53 Å². The third-order valence-electron chi connectivity index (χ3n) is 6.34. The van der Waals surface area contributed by atoms with Crippen molar-refractivity contribution in [2.24, 2.45) is 0 Å². The van der Waals surface area contributed by atoms with Crippen molar-refractivity contribution in [3.8, 4) is 5.75 Å². The highest BCUT2D eigenvalue weighted by atomic mass is 16.5. The average molecular weight is 423 g/mol. The number of piperidine rings is 1. The van der Waals surface area contributed by atoms with Crippen LogP contribution < -0.4 is 15.0 Å². The second-order valence-electron chi connectivity index (χ2n) is 8.36. The Morgan fingerprint density at radius 3 is 2.39 bits per heavy atom. The number of likely N-dealkylation sites (tertiary alicyclic amines) is 1. The zero-order valence-electron chi connectivity index (χ0n) is 18.6. The van der Waals surface area contributed by atoms with Crippen LogP contribution in [-0.2, 0) is 0 Å². The quantitative estimate of drug-likeness (QED) is 0.739. The lowest BCUT2D eigenvalue weighted by atomic mass is 10.1. The summed E-state index contributed by atoms with van der Waals surface area (Å²) in [6.07, 6.45) is 3.39. The van der Waals surface area contributed by atoms with Gasteiger partial charge in [-0.1, -0.05) is 18.2 Å². The van der Waals surface area contributed by atoms with Crippen molar-refractivity contribution in [2.75, 3.05) is 69.7 Å². The summed E-state index contributed by atoms with van der Waals surface area (Å²) in [5, 5.41) is 3.52. The number of nitrogens with zero attached hydrogens (tertiary/aromatic N) is 3. The molecule has 2 aliphatic heterocycles. The van der Waals surface area contributed by atoms with Crippen LogP contribution in [0.4, 0.5) is 11.4 Å². The third kappa shape index (κ3) is 5.50. The van der Waals surface area contributed by atoms with Crippen LogP contribution in [0.5, 0.6) is 5.75 Å². The molecule has 2 aromatic carbocycles. The monoisotopic (exact) mass is 422 g/mol. The molecule has 0 saturated carbocycles. The van der Waals surface area contributed by atoms with Gasteiger partial charge in [0.25, 0.3) is 5.91 Å². The van der Waals surface area contributed by atoms with Crippen molar-refractivity contribution in [3.63, 3.8) is 0 Å². The molecule has 2 fully saturated rings. The molecule has 6 heteroatoms. The first kappa shape index (κ1) is 21.5. The van der Waals surface area contributed by atoms with Crippen molar-refractivity contribution >= 4 is 17.3 Å². The second-order valence-corrected chi connectivity index (χ2v) is 8.36. The van der Waals surface area contributed by atoms with Gasteiger partial charge in [-0.2, -0.15) is 0 Å². The number of piperazine rings is 1. The highest BCUT2D eigenvalue weighted by molar-refractivity contribution is 6.00. The summed E-state index contributed by atoms with van der Waals surface area (Å²) >= 11 is 0. The van der Waals surface area contributed by atoms with E-state index < -0.39 is 0 Å². The smallest absolute Gasteiger partial charge is 0.256 e. The number of para-hydroxylation sites is 1. The van der Waals surface area contributed by atoms with Crippen molar-refractivity contribution in [3.05, 3.63) is 54.1 Å². The maximum Gasteiger partial charge on any atom is 0.256 e. The van der Waals surface area contributed by atoms with Crippen molar-refractivity contribution in [2.45, 2.75) is 19.3 Å². The summed E-state index contributed by atoms with van der Waals surface area (Å²) in [5.74, 6) is 0.834. The Labute approximate surface area is 185 Å². The minimum atomic E-state index is 0.109. The first-order chi connectivity index (χ1) is 15.2. The zero-order valence-corrected chi connectivity index (χ0v) is 18.6. The Morgan fingerprint density at radius 2 is 1.68 bits per heavy atom. The standard InChI is InChI=1S/C25H34N4O2/c1-31-22-10-11-24(23(20-22)25(30)29-13-6-3-7-14-29)26-12-15-27-16-18-28(19-17-27)21-8-4-2-5-9-21/h2,4-5,8-11,20,26H,3,6-7,12-19H2,1H3. The number of hydrogen-bond acceptors (Lipinski definition) is 5. The molecule has 0 atom stereocenters. The molecule has 0 aromatic heterocycles. The average Bonchev–Trinajstić information content (AvgIpc) is 2.85. The normalized spacial score (nSPS) is 17.5. The summed E-state index contributed by atoms with van der Waals surface area (Å²) in [5.41, 5.74) is 2.92. The molecule has 2 aromatic rings. The van der Waals surface area contributed by atoms with E-state index >= 15 is 0 Å². The van der Waals surface area contributed by atoms with Crippen LogP contribution in [0.25, 0.3) is 0 Å². The number of hydrogen-bond donors (Lipinski definition) is 1. The maximum atomic E-state index is 13.1. The molecule has 166 valence electrons. The molecule has 1 N–H and O–H groups in total. The molecule has 2 aliphatic rings. The molecule has 31 heavy (non-hydrogen) atoms. The summed E-state index contributed by atoms with van der Waals surface area (Å²) in [7, 11) is 1.65. The van der Waals surface area contributed by atoms with Crippen molar-refractivity contribution in [1.82, 2.24) is 9.80 Å². The highest BCUT2D eigenvalue weighted by Crippen LogP contribution is 2.25. The highest BCUT2D eigenvalue weighted by Gasteiger charge is 2.22. The molecular formula is C25H34N4O2. The molecule has 0 aliphatic carbocycles. The Kier molecular flexibility index (Phi) is 7.30. The lowest BCUT2D eigenvalue weighted by Gasteiger charge is -2.36. The van der Waals surface area contributed by atoms with Crippen LogP contribution in [0.2, 0.25) is 0 Å². The van der Waals surface area contributed by atoms with E-state index in [1.807, 2.05) is 23.1 Å². The van der Waals surface area contributed by atoms with Crippen LogP contribution in [0, 0.1) is 0 Å². The number of methoxy groups -OCH3 is 1. The number of carbonyl (C=O) groups excluding carboxylic acids is 1. The Balaban J connectivity index is 1.32. The molecule has 6 nitrogen and oxygen atoms in total. The first-order valence-corrected chi connectivity index (χ1v) is 11.5. The fourth-order valence-electron chi connectivity index (χ4n) is 4.47. The van der Waals surface area contributed by atoms with Gasteiger partial charge < -0.3 is 19.9 Å². The number of benzene rings is 2. The molecule has 2 saturated heterocycles. The van der Waals surface area contributed by atoms with Gasteiger partial charge in [-0.25, -0.2) is 0 Å². The van der Waals surface area contributed by atoms with Gasteiger partial charge in [-0.05, 0) is 49.6 Å². The second kappa shape index (κ2) is 10.5. The van der Waals surface area contributed by atoms with Crippen molar-refractivity contribution in [1.29, 1.82) is 0 Å². The number of anilines is 2. The molecule has 0 spiro atoms. The summed E-state index contributed by atoms with van der Waals surface area (Å²) in [6.45, 7) is 7.68. The van der Waals surface area contributed by atoms with Gasteiger partial charge >= 0.3 is 0 Å². The lowest BCUT2D eigenvalue weighted by Crippen LogP contribution is -2.47. The maximum absolute atomic E-state index is 13.1. The zero-order chi connectivity index (χ0) is 21.5. The Bertz CT molecular complexity index is 844. The molecule has 0 unspecified atom stereocenters. The molecule has 0 radical (unpaired) electrons. The topological polar surface area (TPSA) is 48.1 Å². The van der Waals surface area contributed by atoms with Gasteiger partial charge in [-0.3, -0.25) is 9.69 Å². The predicted molar refractivity (Wildman–Crippen MR) is 126 cm³/mol. The SMILES string of the molecule is COc1ccc(NCCN2CCN(c3ccccc3)CC2)c(C(=O)N2CCCCC2)c1. The molecule has 1 amide bonds. The minimum Gasteiger partial charge on any atom is -0.497 e. The van der Waals surface area contributed by atoms with E-state index in [9.17, 15) is 4.79 Å². The molecular weight excluding hydrogens is 388 g/mol. The van der Waals surface area contributed by atoms with Gasteiger partial charge in [0.15, 0.2) is 0 Å². The van der Waals surface area contributed by atoms with Gasteiger partial charge in [-0.15, -0.1) is 0 Å². The fraction of sp³-hybridized carbons (Fsp3) is 0.480. The number of carbonyl (C=O) groups is 1. The van der Waals surface area contributed by atoms with E-state index in [1.54, 1.807) is 7.11 Å². The number of ether oxygens (including phenoxy) is 1. The van der Waals surface area contributed by atoms with E-state index in [-0.39, 0.29) is 5.91 Å². The van der Waals surface area contributed by atoms with Gasteiger partial charge in [0, 0.05) is 63.7 Å². The summed E-state index contributed by atoms with van der Waals surface area (Å²) < 4.78 is 5.38. The van der Waals surface area contributed by atoms with E-state index in [4.69, 9.17) is 4.74 Å². The van der Waals surface area contributed by atoms with Gasteiger partial charge in [0.2, 0.25) is 0 Å². The van der Waals surface area contributed by atoms with Crippen LogP contribution in [0.15, 0.2) is 48.5 Å². The number of amides is 1. The minimum absolute atomic E-state index is 0.109. The van der Waals surface area contributed by atoms with E-state index in [1.165, 1.54) is 12.1 Å². The summed E-state index contributed by atoms with van der Waals surface area (Å²) in [4.78, 5) is 20.1. The first-order valence-electron chi connectivity index (χ1n) is 11.5. The summed E-state index contributed by atoms with van der Waals surface area (Å²) in [6, 6.07) is 16.4. The molecule has 0 bridgehead atoms. The van der Waals surface area contributed by atoms with E-state index in [0.717, 1.165) is 82.2 Å². The number of rotatable bonds is 7. The lowest BCUT2D eigenvalue weighted by molar-refractivity contribution is 0.0725. The molecule has 4 rings (SSSR count). The van der Waals surface area contributed by atoms with E-state index in [2.05, 4.69) is 45.4 Å². The van der Waals surface area contributed by atoms with Gasteiger partial charge in [0.1, 0.15) is 5.75 Å². The largest absolute Gasteiger partial charge is 0.497 e. The van der Waals surface area contributed by atoms with Crippen LogP contribution in [0.1, 0.15) is 29.6 Å². The van der Waals surface area contributed by atoms with Crippen LogP contribution in [-0.4, -0.2) is 75.2 Å². The Morgan fingerprint density at radius 1 is 0.935 bits per heavy atom. The van der Waals surface area contributed by atoms with Gasteiger partial charge in [0.05, 0.1) is 12.7 Å². The third-order valence-corrected chi connectivity index (χ3v) is 6.34. The fourth-order valence-corrected chi connectivity index (χ4v) is 4.47. The molecule has 2 heterocycles. The predicted octanol–water partition coefficient (Wildman–Crippen LogP) is 3.56. The Hall–Kier alpha value is -2.73. The number of nitrogens with one attached hydrogen (secondary N) is 1. The van der Waals surface area contributed by atoms with Crippen LogP contribution in [0.3, 0.4) is 0 Å². The van der Waals surface area contributed by atoms with Crippen LogP contribution >= 0.6 is 0 Å².